The maximum atomic E-state index is 9.97. The van der Waals surface area contributed by atoms with Gasteiger partial charge in [0.2, 0.25) is 0 Å². The number of hydrogen-bond donors (Lipinski definition) is 3. The van der Waals surface area contributed by atoms with Crippen molar-refractivity contribution in [3.05, 3.63) is 36.0 Å². The van der Waals surface area contributed by atoms with Crippen molar-refractivity contribution in [3.8, 4) is 11.8 Å². The van der Waals surface area contributed by atoms with E-state index in [1.54, 1.807) is 13.8 Å². The summed E-state index contributed by atoms with van der Waals surface area (Å²) < 4.78 is 0. The molecule has 2 rings (SSSR count). The molecule has 0 aromatic carbocycles. The van der Waals surface area contributed by atoms with Gasteiger partial charge in [-0.15, -0.1) is 0 Å². The van der Waals surface area contributed by atoms with Crippen molar-refractivity contribution in [1.29, 1.82) is 0 Å². The minimum atomic E-state index is -0.942. The van der Waals surface area contributed by atoms with Crippen molar-refractivity contribution >= 4 is 0 Å². The molecular formula is C24H36O3. The lowest BCUT2D eigenvalue weighted by atomic mass is 9.64. The molecule has 150 valence electrons. The molecular weight excluding hydrogens is 336 g/mol. The Labute approximate surface area is 164 Å². The third-order valence-electron chi connectivity index (χ3n) is 6.77. The van der Waals surface area contributed by atoms with Crippen LogP contribution in [0.15, 0.2) is 36.0 Å². The number of hydrogen-bond acceptors (Lipinski definition) is 3. The average Bonchev–Trinajstić information content (AvgIpc) is 2.74. The predicted octanol–water partition coefficient (Wildman–Crippen LogP) is 4.15. The van der Waals surface area contributed by atoms with Crippen LogP contribution in [0.25, 0.3) is 0 Å². The van der Waals surface area contributed by atoms with E-state index in [9.17, 15) is 15.3 Å². The number of aliphatic hydroxyl groups is 3. The van der Waals surface area contributed by atoms with Gasteiger partial charge in [-0.05, 0) is 61.0 Å². The van der Waals surface area contributed by atoms with Gasteiger partial charge in [0.05, 0.1) is 12.2 Å². The van der Waals surface area contributed by atoms with Gasteiger partial charge in [0.15, 0.2) is 0 Å². The zero-order valence-electron chi connectivity index (χ0n) is 17.5. The molecule has 0 bridgehead atoms. The largest absolute Gasteiger partial charge is 0.393 e. The van der Waals surface area contributed by atoms with Crippen molar-refractivity contribution < 1.29 is 15.3 Å². The first-order valence-corrected chi connectivity index (χ1v) is 10.0. The molecule has 0 aromatic heterocycles. The Morgan fingerprint density at radius 1 is 1.26 bits per heavy atom. The van der Waals surface area contributed by atoms with Gasteiger partial charge in [-0.2, -0.15) is 0 Å². The lowest BCUT2D eigenvalue weighted by Crippen LogP contribution is -2.33. The molecule has 3 nitrogen and oxygen atoms in total. The summed E-state index contributed by atoms with van der Waals surface area (Å²) in [6.45, 7) is 14.3. The van der Waals surface area contributed by atoms with E-state index in [0.717, 1.165) is 30.4 Å². The summed E-state index contributed by atoms with van der Waals surface area (Å²) in [7, 11) is 0. The predicted molar refractivity (Wildman–Crippen MR) is 111 cm³/mol. The molecule has 0 radical (unpaired) electrons. The first-order valence-electron chi connectivity index (χ1n) is 10.0. The fourth-order valence-electron chi connectivity index (χ4n) is 4.28. The first-order chi connectivity index (χ1) is 12.4. The van der Waals surface area contributed by atoms with Crippen molar-refractivity contribution in [2.24, 2.45) is 16.7 Å². The molecule has 2 saturated carbocycles. The van der Waals surface area contributed by atoms with Gasteiger partial charge < -0.3 is 15.3 Å². The van der Waals surface area contributed by atoms with Crippen LogP contribution in [0.4, 0.5) is 0 Å². The monoisotopic (exact) mass is 372 g/mol. The van der Waals surface area contributed by atoms with Crippen LogP contribution in [0, 0.1) is 28.6 Å². The minimum Gasteiger partial charge on any atom is -0.393 e. The molecule has 2 aliphatic carbocycles. The smallest absolute Gasteiger partial charge is 0.119 e. The molecule has 27 heavy (non-hydrogen) atoms. The summed E-state index contributed by atoms with van der Waals surface area (Å²) in [5.41, 5.74) is 0.921. The summed E-state index contributed by atoms with van der Waals surface area (Å²) >= 11 is 0. The van der Waals surface area contributed by atoms with Crippen LogP contribution in [0.1, 0.15) is 66.7 Å². The minimum absolute atomic E-state index is 0.0961. The summed E-state index contributed by atoms with van der Waals surface area (Å²) in [6, 6.07) is 0. The Bertz CT molecular complexity index is 681. The molecule has 0 saturated heterocycles. The molecule has 0 heterocycles. The van der Waals surface area contributed by atoms with Crippen LogP contribution in [0.5, 0.6) is 0 Å². The molecule has 0 spiro atoms. The van der Waals surface area contributed by atoms with E-state index >= 15 is 0 Å². The average molecular weight is 373 g/mol. The lowest BCUT2D eigenvalue weighted by molar-refractivity contribution is 0.0862. The standard InChI is InChI=1S/C24H36O3/c1-17-18(15-20(25)16-21(17)26)9-7-10-19-11-14-24(6,23(19,4)5)13-8-12-22(2,3)27/h7,9-10,19-21,25-27H,1,11,13-16H2,2-6H3/b10-7+,18-9-/t19-,20-,21+,24+/m1/s1. The Kier molecular flexibility index (Phi) is 6.47. The van der Waals surface area contributed by atoms with Crippen LogP contribution in [-0.4, -0.2) is 33.1 Å². The van der Waals surface area contributed by atoms with Gasteiger partial charge in [-0.3, -0.25) is 0 Å². The highest BCUT2D eigenvalue weighted by atomic mass is 16.3. The lowest BCUT2D eigenvalue weighted by Gasteiger charge is -2.40. The quantitative estimate of drug-likeness (QED) is 0.652. The highest BCUT2D eigenvalue weighted by molar-refractivity contribution is 5.37. The van der Waals surface area contributed by atoms with Gasteiger partial charge >= 0.3 is 0 Å². The Balaban J connectivity index is 2.09. The van der Waals surface area contributed by atoms with Gasteiger partial charge in [0, 0.05) is 12.8 Å². The molecule has 0 unspecified atom stereocenters. The molecule has 0 amide bonds. The maximum Gasteiger partial charge on any atom is 0.119 e. The first kappa shape index (κ1) is 22.0. The van der Waals surface area contributed by atoms with Crippen molar-refractivity contribution in [2.75, 3.05) is 0 Å². The van der Waals surface area contributed by atoms with Crippen LogP contribution in [0.2, 0.25) is 0 Å². The Hall–Kier alpha value is -1.34. The van der Waals surface area contributed by atoms with Gasteiger partial charge in [-0.1, -0.05) is 57.4 Å². The Morgan fingerprint density at radius 3 is 2.56 bits per heavy atom. The van der Waals surface area contributed by atoms with E-state index in [2.05, 4.69) is 51.3 Å². The van der Waals surface area contributed by atoms with Gasteiger partial charge in [-0.25, -0.2) is 0 Å². The van der Waals surface area contributed by atoms with E-state index in [0.29, 0.717) is 18.8 Å². The molecule has 0 aromatic rings. The van der Waals surface area contributed by atoms with Gasteiger partial charge in [0.25, 0.3) is 0 Å². The Morgan fingerprint density at radius 2 is 1.93 bits per heavy atom. The summed E-state index contributed by atoms with van der Waals surface area (Å²) in [4.78, 5) is 0. The van der Waals surface area contributed by atoms with Gasteiger partial charge in [0.1, 0.15) is 5.60 Å². The zero-order chi connectivity index (χ0) is 20.5. The third-order valence-corrected chi connectivity index (χ3v) is 6.77. The summed E-state index contributed by atoms with van der Waals surface area (Å²) in [5, 5.41) is 29.7. The normalized spacial score (nSPS) is 35.5. The number of rotatable bonds is 3. The molecule has 2 fully saturated rings. The highest BCUT2D eigenvalue weighted by Crippen LogP contribution is 2.58. The van der Waals surface area contributed by atoms with Crippen molar-refractivity contribution in [2.45, 2.75) is 84.5 Å². The van der Waals surface area contributed by atoms with Crippen LogP contribution >= 0.6 is 0 Å². The summed E-state index contributed by atoms with van der Waals surface area (Å²) in [6.07, 6.45) is 9.10. The van der Waals surface area contributed by atoms with E-state index in [4.69, 9.17) is 0 Å². The molecule has 3 N–H and O–H groups in total. The van der Waals surface area contributed by atoms with Crippen LogP contribution in [0.3, 0.4) is 0 Å². The topological polar surface area (TPSA) is 60.7 Å². The maximum absolute atomic E-state index is 9.97. The third kappa shape index (κ3) is 5.13. The second-order valence-electron chi connectivity index (χ2n) is 9.68. The second kappa shape index (κ2) is 7.95. The molecule has 2 aliphatic rings. The molecule has 0 aliphatic heterocycles. The zero-order valence-corrected chi connectivity index (χ0v) is 17.5. The van der Waals surface area contributed by atoms with E-state index in [-0.39, 0.29) is 10.8 Å². The van der Waals surface area contributed by atoms with E-state index in [1.807, 2.05) is 6.08 Å². The SMILES string of the molecule is C=C1/C(=C\C=C\[C@@H]2CC[C@](C)(CC#CC(C)(C)O)C2(C)C)C[C@@H](O)C[C@@H]1O. The summed E-state index contributed by atoms with van der Waals surface area (Å²) in [5.74, 6) is 6.59. The molecule has 3 heteroatoms. The van der Waals surface area contributed by atoms with Crippen molar-refractivity contribution in [3.63, 3.8) is 0 Å². The van der Waals surface area contributed by atoms with Crippen LogP contribution < -0.4 is 0 Å². The number of allylic oxidation sites excluding steroid dienone is 3. The number of aliphatic hydroxyl groups excluding tert-OH is 2. The second-order valence-corrected chi connectivity index (χ2v) is 9.68. The fourth-order valence-corrected chi connectivity index (χ4v) is 4.28. The fraction of sp³-hybridized carbons (Fsp3) is 0.667. The van der Waals surface area contributed by atoms with Crippen LogP contribution in [-0.2, 0) is 0 Å². The highest BCUT2D eigenvalue weighted by Gasteiger charge is 2.49. The van der Waals surface area contributed by atoms with E-state index < -0.39 is 17.8 Å². The molecule has 4 atom stereocenters. The van der Waals surface area contributed by atoms with Crippen molar-refractivity contribution in [1.82, 2.24) is 0 Å². The van der Waals surface area contributed by atoms with E-state index in [1.165, 1.54) is 0 Å².